The van der Waals surface area contributed by atoms with E-state index in [4.69, 9.17) is 4.74 Å². The zero-order valence-corrected chi connectivity index (χ0v) is 13.6. The van der Waals surface area contributed by atoms with Crippen molar-refractivity contribution in [2.45, 2.75) is 59.2 Å². The van der Waals surface area contributed by atoms with Gasteiger partial charge >= 0.3 is 6.09 Å². The molecule has 1 aromatic rings. The summed E-state index contributed by atoms with van der Waals surface area (Å²) in [6, 6.07) is 7.25. The fourth-order valence-corrected chi connectivity index (χ4v) is 2.19. The Morgan fingerprint density at radius 1 is 1.19 bits per heavy atom. The van der Waals surface area contributed by atoms with Gasteiger partial charge in [-0.25, -0.2) is 4.79 Å². The molecule has 0 aliphatic carbocycles. The number of nitrogens with one attached hydrogen (secondary N) is 1. The van der Waals surface area contributed by atoms with E-state index in [1.807, 2.05) is 32.9 Å². The second-order valence-electron chi connectivity index (χ2n) is 6.27. The van der Waals surface area contributed by atoms with Gasteiger partial charge in [-0.2, -0.15) is 0 Å². The highest BCUT2D eigenvalue weighted by Gasteiger charge is 2.18. The van der Waals surface area contributed by atoms with Gasteiger partial charge in [0, 0.05) is 5.69 Å². The Labute approximate surface area is 127 Å². The first-order chi connectivity index (χ1) is 9.76. The molecule has 4 nitrogen and oxygen atoms in total. The molecule has 0 bridgehead atoms. The monoisotopic (exact) mass is 293 g/mol. The van der Waals surface area contributed by atoms with Crippen molar-refractivity contribution in [1.29, 1.82) is 0 Å². The van der Waals surface area contributed by atoms with Crippen LogP contribution in [0.1, 0.15) is 59.1 Å². The Morgan fingerprint density at radius 2 is 1.71 bits per heavy atom. The highest BCUT2D eigenvalue weighted by atomic mass is 16.6. The molecule has 118 valence electrons. The van der Waals surface area contributed by atoms with Crippen LogP contribution in [-0.4, -0.2) is 16.8 Å². The highest BCUT2D eigenvalue weighted by molar-refractivity contribution is 5.84. The minimum absolute atomic E-state index is 0.259. The van der Waals surface area contributed by atoms with Gasteiger partial charge in [0.15, 0.2) is 0 Å². The molecule has 1 unspecified atom stereocenters. The molecule has 0 aliphatic rings. The number of anilines is 1. The number of amides is 1. The van der Waals surface area contributed by atoms with Crippen molar-refractivity contribution in [3.05, 3.63) is 29.8 Å². The van der Waals surface area contributed by atoms with Crippen molar-refractivity contribution in [1.82, 2.24) is 0 Å². The van der Waals surface area contributed by atoms with E-state index >= 15 is 0 Å². The number of carbonyl (C=O) groups is 1. The average Bonchev–Trinajstić information content (AvgIpc) is 2.38. The van der Waals surface area contributed by atoms with Gasteiger partial charge in [-0.3, -0.25) is 5.32 Å². The maximum Gasteiger partial charge on any atom is 0.412 e. The molecular weight excluding hydrogens is 266 g/mol. The molecule has 2 N–H and O–H groups in total. The minimum Gasteiger partial charge on any atom is -0.444 e. The molecule has 1 atom stereocenters. The van der Waals surface area contributed by atoms with Gasteiger partial charge in [0.2, 0.25) is 0 Å². The van der Waals surface area contributed by atoms with Crippen LogP contribution < -0.4 is 5.32 Å². The molecule has 1 rings (SSSR count). The lowest BCUT2D eigenvalue weighted by molar-refractivity contribution is 0.0636. The second kappa shape index (κ2) is 7.46. The molecule has 1 amide bonds. The van der Waals surface area contributed by atoms with Crippen LogP contribution in [0.15, 0.2) is 24.3 Å². The average molecular weight is 293 g/mol. The number of hydrogen-bond acceptors (Lipinski definition) is 3. The Morgan fingerprint density at radius 3 is 2.14 bits per heavy atom. The smallest absolute Gasteiger partial charge is 0.412 e. The largest absolute Gasteiger partial charge is 0.444 e. The summed E-state index contributed by atoms with van der Waals surface area (Å²) in [5.74, 6) is 0.259. The molecule has 4 heteroatoms. The van der Waals surface area contributed by atoms with Gasteiger partial charge in [-0.15, -0.1) is 0 Å². The number of ether oxygens (including phenoxy) is 1. The molecule has 0 heterocycles. The van der Waals surface area contributed by atoms with Crippen molar-refractivity contribution in [3.8, 4) is 0 Å². The molecule has 0 saturated carbocycles. The van der Waals surface area contributed by atoms with E-state index in [2.05, 4.69) is 19.2 Å². The molecule has 21 heavy (non-hydrogen) atoms. The maximum atomic E-state index is 11.7. The molecule has 0 aromatic heterocycles. The van der Waals surface area contributed by atoms with Crippen LogP contribution in [-0.2, 0) is 4.74 Å². The third-order valence-corrected chi connectivity index (χ3v) is 3.39. The van der Waals surface area contributed by atoms with Crippen molar-refractivity contribution >= 4 is 11.8 Å². The summed E-state index contributed by atoms with van der Waals surface area (Å²) in [7, 11) is 0. The van der Waals surface area contributed by atoms with Crippen molar-refractivity contribution in [2.24, 2.45) is 5.92 Å². The molecule has 0 radical (unpaired) electrons. The Hall–Kier alpha value is -1.55. The first-order valence-electron chi connectivity index (χ1n) is 7.54. The van der Waals surface area contributed by atoms with Crippen LogP contribution in [0, 0.1) is 5.92 Å². The van der Waals surface area contributed by atoms with E-state index in [9.17, 15) is 9.90 Å². The SMILES string of the molecule is CCC(CC)C(O)c1ccc(NC(=O)OC(C)(C)C)cc1. The summed E-state index contributed by atoms with van der Waals surface area (Å²) in [5.41, 5.74) is 1.01. The predicted molar refractivity (Wildman–Crippen MR) is 85.3 cm³/mol. The second-order valence-corrected chi connectivity index (χ2v) is 6.27. The molecule has 1 aromatic carbocycles. The minimum atomic E-state index is -0.518. The van der Waals surface area contributed by atoms with Gasteiger partial charge in [0.1, 0.15) is 5.60 Å². The summed E-state index contributed by atoms with van der Waals surface area (Å²) in [6.45, 7) is 9.62. The fraction of sp³-hybridized carbons (Fsp3) is 0.588. The Balaban J connectivity index is 2.68. The topological polar surface area (TPSA) is 58.6 Å². The normalized spacial score (nSPS) is 13.1. The van der Waals surface area contributed by atoms with E-state index < -0.39 is 17.8 Å². The summed E-state index contributed by atoms with van der Waals surface area (Å²) in [4.78, 5) is 11.7. The zero-order valence-electron chi connectivity index (χ0n) is 13.6. The van der Waals surface area contributed by atoms with Crippen LogP contribution in [0.2, 0.25) is 0 Å². The maximum absolute atomic E-state index is 11.7. The lowest BCUT2D eigenvalue weighted by Gasteiger charge is -2.21. The Kier molecular flexibility index (Phi) is 6.21. The summed E-state index contributed by atoms with van der Waals surface area (Å²) in [5, 5.41) is 13.0. The van der Waals surface area contributed by atoms with Crippen LogP contribution in [0.25, 0.3) is 0 Å². The van der Waals surface area contributed by atoms with Crippen LogP contribution >= 0.6 is 0 Å². The summed E-state index contributed by atoms with van der Waals surface area (Å²) < 4.78 is 5.19. The van der Waals surface area contributed by atoms with E-state index in [1.54, 1.807) is 12.1 Å². The first kappa shape index (κ1) is 17.5. The number of rotatable bonds is 5. The lowest BCUT2D eigenvalue weighted by atomic mass is 9.91. The molecule has 0 saturated heterocycles. The van der Waals surface area contributed by atoms with Crippen molar-refractivity contribution in [2.75, 3.05) is 5.32 Å². The third kappa shape index (κ3) is 5.76. The molecule has 0 spiro atoms. The summed E-state index contributed by atoms with van der Waals surface area (Å²) >= 11 is 0. The van der Waals surface area contributed by atoms with Gasteiger partial charge in [0.25, 0.3) is 0 Å². The first-order valence-corrected chi connectivity index (χ1v) is 7.54. The van der Waals surface area contributed by atoms with Gasteiger partial charge in [-0.1, -0.05) is 38.8 Å². The summed E-state index contributed by atoms with van der Waals surface area (Å²) in [6.07, 6.45) is 0.942. The van der Waals surface area contributed by atoms with E-state index in [1.165, 1.54) is 0 Å². The number of aliphatic hydroxyl groups is 1. The van der Waals surface area contributed by atoms with Gasteiger partial charge < -0.3 is 9.84 Å². The molecule has 0 fully saturated rings. The van der Waals surface area contributed by atoms with Crippen LogP contribution in [0.3, 0.4) is 0 Å². The van der Waals surface area contributed by atoms with E-state index in [-0.39, 0.29) is 5.92 Å². The molecule has 0 aliphatic heterocycles. The van der Waals surface area contributed by atoms with E-state index in [0.29, 0.717) is 5.69 Å². The number of aliphatic hydroxyl groups excluding tert-OH is 1. The zero-order chi connectivity index (χ0) is 16.0. The third-order valence-electron chi connectivity index (χ3n) is 3.39. The van der Waals surface area contributed by atoms with Crippen molar-refractivity contribution < 1.29 is 14.6 Å². The van der Waals surface area contributed by atoms with E-state index in [0.717, 1.165) is 18.4 Å². The Bertz CT molecular complexity index is 444. The fourth-order valence-electron chi connectivity index (χ4n) is 2.19. The molecular formula is C17H27NO3. The number of carbonyl (C=O) groups excluding carboxylic acids is 1. The highest BCUT2D eigenvalue weighted by Crippen LogP contribution is 2.27. The number of benzene rings is 1. The van der Waals surface area contributed by atoms with Gasteiger partial charge in [-0.05, 0) is 44.4 Å². The van der Waals surface area contributed by atoms with Gasteiger partial charge in [0.05, 0.1) is 6.10 Å². The predicted octanol–water partition coefficient (Wildman–Crippen LogP) is 4.50. The quantitative estimate of drug-likeness (QED) is 0.840. The van der Waals surface area contributed by atoms with Crippen LogP contribution in [0.4, 0.5) is 10.5 Å². The number of hydrogen-bond donors (Lipinski definition) is 2. The van der Waals surface area contributed by atoms with Crippen molar-refractivity contribution in [3.63, 3.8) is 0 Å². The van der Waals surface area contributed by atoms with Crippen LogP contribution in [0.5, 0.6) is 0 Å². The standard InChI is InChI=1S/C17H27NO3/c1-6-12(7-2)15(19)13-8-10-14(11-9-13)18-16(20)21-17(3,4)5/h8-12,15,19H,6-7H2,1-5H3,(H,18,20). The lowest BCUT2D eigenvalue weighted by Crippen LogP contribution is -2.27.